The second-order valence-corrected chi connectivity index (χ2v) is 25.0. The molecule has 0 aliphatic rings. The van der Waals surface area contributed by atoms with E-state index in [-0.39, 0.29) is 0 Å². The molecule has 0 radical (unpaired) electrons. The molecular formula is C31H62Si2. The lowest BCUT2D eigenvalue weighted by Crippen LogP contribution is -2.35. The zero-order valence-electron chi connectivity index (χ0n) is 25.2. The van der Waals surface area contributed by atoms with Gasteiger partial charge in [0.05, 0.1) is 8.07 Å². The maximum Gasteiger partial charge on any atom is 0.0507 e. The Labute approximate surface area is 212 Å². The lowest BCUT2D eigenvalue weighted by atomic mass is 9.73. The fourth-order valence-electron chi connectivity index (χ4n) is 5.87. The highest BCUT2D eigenvalue weighted by molar-refractivity contribution is 6.78. The molecule has 2 unspecified atom stereocenters. The first-order valence-electron chi connectivity index (χ1n) is 14.1. The second-order valence-electron chi connectivity index (χ2n) is 14.2. The largest absolute Gasteiger partial charge is 0.0695 e. The molecule has 33 heavy (non-hydrogen) atoms. The first-order chi connectivity index (χ1) is 15.0. The summed E-state index contributed by atoms with van der Waals surface area (Å²) in [6.07, 6.45) is 8.07. The van der Waals surface area contributed by atoms with Crippen LogP contribution in [0.3, 0.4) is 0 Å². The van der Waals surface area contributed by atoms with Gasteiger partial charge in [-0.05, 0) is 34.3 Å². The van der Waals surface area contributed by atoms with Crippen LogP contribution >= 0.6 is 0 Å². The summed E-state index contributed by atoms with van der Waals surface area (Å²) in [4.78, 5) is 0. The van der Waals surface area contributed by atoms with E-state index in [1.54, 1.807) is 5.56 Å². The lowest BCUT2D eigenvalue weighted by Gasteiger charge is -2.39. The molecule has 0 nitrogen and oxygen atoms in total. The third-order valence-corrected chi connectivity index (χ3v) is 15.0. The zero-order chi connectivity index (χ0) is 25.9. The summed E-state index contributed by atoms with van der Waals surface area (Å²) in [5.74, 6) is 0.710. The van der Waals surface area contributed by atoms with Crippen LogP contribution in [-0.4, -0.2) is 16.1 Å². The van der Waals surface area contributed by atoms with Gasteiger partial charge in [-0.2, -0.15) is 0 Å². The molecule has 0 heterocycles. The molecule has 0 bridgehead atoms. The van der Waals surface area contributed by atoms with Gasteiger partial charge in [0.1, 0.15) is 0 Å². The standard InChI is InChI=1S/C19H34Si.C12H28Si/c1-7-8-10-15-18(17-13-11-9-12-14-17)19(2,3)16-20(4,5)6;1-8-11(3)13(6,7)10-12(4,5)9-2/h9,11-14,18H,7-8,10,15-16H2,1-6H3;11H,8-10H2,1-7H3. The van der Waals surface area contributed by atoms with Crippen molar-refractivity contribution in [3.63, 3.8) is 0 Å². The average molecular weight is 491 g/mol. The van der Waals surface area contributed by atoms with Crippen molar-refractivity contribution < 1.29 is 0 Å². The van der Waals surface area contributed by atoms with Crippen molar-refractivity contribution in [1.82, 2.24) is 0 Å². The van der Waals surface area contributed by atoms with E-state index in [0.29, 0.717) is 16.7 Å². The Morgan fingerprint density at radius 3 is 1.76 bits per heavy atom. The number of unbranched alkanes of at least 4 members (excludes halogenated alkanes) is 2. The van der Waals surface area contributed by atoms with Crippen molar-refractivity contribution in [2.45, 2.75) is 150 Å². The molecule has 0 N–H and O–H groups in total. The van der Waals surface area contributed by atoms with Crippen molar-refractivity contribution in [2.75, 3.05) is 0 Å². The number of benzene rings is 1. The number of hydrogen-bond acceptors (Lipinski definition) is 0. The highest BCUT2D eigenvalue weighted by Gasteiger charge is 2.35. The first kappa shape index (κ1) is 32.7. The maximum atomic E-state index is 2.55. The van der Waals surface area contributed by atoms with E-state index in [9.17, 15) is 0 Å². The molecule has 1 aromatic carbocycles. The highest BCUT2D eigenvalue weighted by atomic mass is 28.3. The molecule has 194 valence electrons. The summed E-state index contributed by atoms with van der Waals surface area (Å²) >= 11 is 0. The molecule has 2 heteroatoms. The van der Waals surface area contributed by atoms with Gasteiger partial charge in [-0.1, -0.05) is 163 Å². The van der Waals surface area contributed by atoms with Crippen molar-refractivity contribution in [1.29, 1.82) is 0 Å². The van der Waals surface area contributed by atoms with E-state index >= 15 is 0 Å². The Bertz CT molecular complexity index is 622. The van der Waals surface area contributed by atoms with E-state index in [4.69, 9.17) is 0 Å². The minimum Gasteiger partial charge on any atom is -0.0695 e. The normalized spacial score (nSPS) is 14.9. The van der Waals surface area contributed by atoms with Gasteiger partial charge in [0.25, 0.3) is 0 Å². The molecule has 0 fully saturated rings. The maximum absolute atomic E-state index is 2.55. The molecule has 2 atom stereocenters. The Balaban J connectivity index is 0.000000684. The molecule has 0 spiro atoms. The van der Waals surface area contributed by atoms with Gasteiger partial charge in [-0.25, -0.2) is 0 Å². The molecule has 0 saturated heterocycles. The summed E-state index contributed by atoms with van der Waals surface area (Å²) < 4.78 is 0. The van der Waals surface area contributed by atoms with E-state index in [1.165, 1.54) is 50.6 Å². The number of rotatable bonds is 13. The van der Waals surface area contributed by atoms with Crippen LogP contribution in [0, 0.1) is 10.8 Å². The van der Waals surface area contributed by atoms with Gasteiger partial charge >= 0.3 is 0 Å². The minimum atomic E-state index is -1.04. The van der Waals surface area contributed by atoms with Gasteiger partial charge < -0.3 is 0 Å². The summed E-state index contributed by atoms with van der Waals surface area (Å²) in [6.45, 7) is 31.8. The smallest absolute Gasteiger partial charge is 0.0507 e. The molecule has 0 aliphatic heterocycles. The van der Waals surface area contributed by atoms with Crippen LogP contribution in [0.5, 0.6) is 0 Å². The van der Waals surface area contributed by atoms with Crippen LogP contribution in [0.4, 0.5) is 0 Å². The quantitative estimate of drug-likeness (QED) is 0.190. The van der Waals surface area contributed by atoms with E-state index in [1.807, 2.05) is 0 Å². The monoisotopic (exact) mass is 490 g/mol. The summed E-state index contributed by atoms with van der Waals surface area (Å²) in [6, 6.07) is 14.1. The Hall–Kier alpha value is -0.346. The van der Waals surface area contributed by atoms with Crippen molar-refractivity contribution >= 4 is 16.1 Å². The second kappa shape index (κ2) is 14.3. The zero-order valence-corrected chi connectivity index (χ0v) is 27.2. The third kappa shape index (κ3) is 13.4. The summed E-state index contributed by atoms with van der Waals surface area (Å²) in [7, 11) is -2.00. The molecule has 0 saturated carbocycles. The molecule has 1 aromatic rings. The van der Waals surface area contributed by atoms with Crippen LogP contribution < -0.4 is 0 Å². The Kier molecular flexibility index (Phi) is 14.1. The van der Waals surface area contributed by atoms with Crippen molar-refractivity contribution in [3.05, 3.63) is 35.9 Å². The Morgan fingerprint density at radius 1 is 0.788 bits per heavy atom. The molecule has 0 aromatic heterocycles. The summed E-state index contributed by atoms with van der Waals surface area (Å²) in [5.41, 5.74) is 3.50. The van der Waals surface area contributed by atoms with E-state index in [0.717, 1.165) is 5.54 Å². The third-order valence-electron chi connectivity index (χ3n) is 8.07. The van der Waals surface area contributed by atoms with Gasteiger partial charge in [0.2, 0.25) is 0 Å². The van der Waals surface area contributed by atoms with Gasteiger partial charge in [0.15, 0.2) is 0 Å². The summed E-state index contributed by atoms with van der Waals surface area (Å²) in [5, 5.41) is 0. The predicted octanol–water partition coefficient (Wildman–Crippen LogP) is 11.6. The fourth-order valence-corrected chi connectivity index (χ4v) is 13.0. The van der Waals surface area contributed by atoms with E-state index in [2.05, 4.69) is 118 Å². The van der Waals surface area contributed by atoms with Gasteiger partial charge in [-0.15, -0.1) is 0 Å². The van der Waals surface area contributed by atoms with Crippen LogP contribution in [-0.2, 0) is 0 Å². The topological polar surface area (TPSA) is 0 Å². The minimum absolute atomic E-state index is 0.416. The predicted molar refractivity (Wildman–Crippen MR) is 161 cm³/mol. The van der Waals surface area contributed by atoms with Crippen LogP contribution in [0.1, 0.15) is 105 Å². The molecular weight excluding hydrogens is 429 g/mol. The van der Waals surface area contributed by atoms with Gasteiger partial charge in [-0.3, -0.25) is 0 Å². The number of hydrogen-bond donors (Lipinski definition) is 0. The van der Waals surface area contributed by atoms with Crippen molar-refractivity contribution in [3.8, 4) is 0 Å². The SMILES string of the molecule is CCC(C)[Si](C)(C)CC(C)(C)CC.CCCCCC(c1ccccc1)C(C)(C)C[Si](C)(C)C. The van der Waals surface area contributed by atoms with Crippen LogP contribution in [0.2, 0.25) is 50.4 Å². The van der Waals surface area contributed by atoms with Gasteiger partial charge in [0, 0.05) is 8.07 Å². The molecule has 0 aliphatic carbocycles. The fraction of sp³-hybridized carbons (Fsp3) is 0.806. The first-order valence-corrected chi connectivity index (χ1v) is 21.1. The average Bonchev–Trinajstić information content (AvgIpc) is 2.69. The molecule has 0 amide bonds. The van der Waals surface area contributed by atoms with Crippen LogP contribution in [0.15, 0.2) is 30.3 Å². The molecule has 1 rings (SSSR count). The Morgan fingerprint density at radius 2 is 1.33 bits per heavy atom. The van der Waals surface area contributed by atoms with Crippen molar-refractivity contribution in [2.24, 2.45) is 10.8 Å². The highest BCUT2D eigenvalue weighted by Crippen LogP contribution is 2.45. The lowest BCUT2D eigenvalue weighted by molar-refractivity contribution is 0.294. The van der Waals surface area contributed by atoms with E-state index < -0.39 is 16.1 Å². The van der Waals surface area contributed by atoms with Crippen LogP contribution in [0.25, 0.3) is 0 Å².